The van der Waals surface area contributed by atoms with Gasteiger partial charge >= 0.3 is 0 Å². The van der Waals surface area contributed by atoms with E-state index in [1.54, 1.807) is 18.2 Å². The topological polar surface area (TPSA) is 100 Å². The van der Waals surface area contributed by atoms with Crippen LogP contribution in [0.2, 0.25) is 0 Å². The Labute approximate surface area is 208 Å². The molecular formula is C25H38N4O5S. The number of morpholine rings is 2. The number of amides is 1. The molecule has 5 rings (SSSR count). The maximum absolute atomic E-state index is 13.2. The van der Waals surface area contributed by atoms with Crippen molar-refractivity contribution in [1.82, 2.24) is 9.62 Å². The van der Waals surface area contributed by atoms with E-state index in [0.29, 0.717) is 70.3 Å². The molecule has 1 amide bonds. The largest absolute Gasteiger partial charge is 0.379 e. The van der Waals surface area contributed by atoms with Gasteiger partial charge in [-0.3, -0.25) is 4.79 Å². The van der Waals surface area contributed by atoms with Crippen LogP contribution in [0.3, 0.4) is 0 Å². The summed E-state index contributed by atoms with van der Waals surface area (Å²) in [5.41, 5.74) is 1.35. The Morgan fingerprint density at radius 1 is 1.06 bits per heavy atom. The standard InChI is InChI=1S/C25H38N4O5S/c1-18(22-15-19-2-3-20(22)14-19)26-17-25(30)27-23-16-21(35(31,32)29-8-12-34-13-9-29)4-5-24(23)28-6-10-33-11-7-28/h4-5,16,18-20,22,26H,2-3,6-15,17H2,1H3,(H,27,30)/t18-,19+,20+,22-/m0/s1. The highest BCUT2D eigenvalue weighted by molar-refractivity contribution is 7.89. The summed E-state index contributed by atoms with van der Waals surface area (Å²) in [5.74, 6) is 2.15. The van der Waals surface area contributed by atoms with Gasteiger partial charge in [-0.25, -0.2) is 8.42 Å². The predicted molar refractivity (Wildman–Crippen MR) is 134 cm³/mol. The smallest absolute Gasteiger partial charge is 0.243 e. The Hall–Kier alpha value is -1.72. The van der Waals surface area contributed by atoms with Crippen LogP contribution >= 0.6 is 0 Å². The number of nitrogens with zero attached hydrogens (tertiary/aromatic N) is 2. The molecule has 4 aliphatic rings. The Bertz CT molecular complexity index is 1010. The molecule has 2 saturated carbocycles. The molecule has 2 aliphatic heterocycles. The van der Waals surface area contributed by atoms with Crippen molar-refractivity contribution in [2.24, 2.45) is 17.8 Å². The molecule has 2 saturated heterocycles. The van der Waals surface area contributed by atoms with Gasteiger partial charge in [-0.05, 0) is 62.1 Å². The summed E-state index contributed by atoms with van der Waals surface area (Å²) in [6, 6.07) is 5.34. The van der Waals surface area contributed by atoms with E-state index < -0.39 is 10.0 Å². The van der Waals surface area contributed by atoms with Crippen molar-refractivity contribution in [1.29, 1.82) is 0 Å². The minimum Gasteiger partial charge on any atom is -0.379 e. The molecular weight excluding hydrogens is 468 g/mol. The third-order valence-corrected chi connectivity index (χ3v) is 10.1. The summed E-state index contributed by atoms with van der Waals surface area (Å²) in [6.07, 6.45) is 5.29. The maximum atomic E-state index is 13.2. The Balaban J connectivity index is 1.30. The van der Waals surface area contributed by atoms with Gasteiger partial charge in [0.15, 0.2) is 0 Å². The third kappa shape index (κ3) is 5.51. The molecule has 10 heteroatoms. The normalized spacial score (nSPS) is 28.3. The first kappa shape index (κ1) is 25.0. The summed E-state index contributed by atoms with van der Waals surface area (Å²) in [6.45, 7) is 6.43. The summed E-state index contributed by atoms with van der Waals surface area (Å²) in [4.78, 5) is 15.3. The fraction of sp³-hybridized carbons (Fsp3) is 0.720. The summed E-state index contributed by atoms with van der Waals surface area (Å²) in [5, 5.41) is 6.45. The van der Waals surface area contributed by atoms with E-state index in [1.165, 1.54) is 30.0 Å². The van der Waals surface area contributed by atoms with Gasteiger partial charge in [0, 0.05) is 32.2 Å². The quantitative estimate of drug-likeness (QED) is 0.555. The van der Waals surface area contributed by atoms with Gasteiger partial charge in [-0.1, -0.05) is 6.42 Å². The second-order valence-corrected chi connectivity index (χ2v) is 12.3. The van der Waals surface area contributed by atoms with E-state index in [9.17, 15) is 13.2 Å². The van der Waals surface area contributed by atoms with Crippen molar-refractivity contribution in [2.45, 2.75) is 43.5 Å². The van der Waals surface area contributed by atoms with E-state index >= 15 is 0 Å². The van der Waals surface area contributed by atoms with Gasteiger partial charge in [0.25, 0.3) is 0 Å². The predicted octanol–water partition coefficient (Wildman–Crippen LogP) is 1.90. The minimum atomic E-state index is -3.67. The van der Waals surface area contributed by atoms with Crippen molar-refractivity contribution in [3.63, 3.8) is 0 Å². The van der Waals surface area contributed by atoms with Gasteiger partial charge in [-0.15, -0.1) is 0 Å². The lowest BCUT2D eigenvalue weighted by Crippen LogP contribution is -2.41. The number of sulfonamides is 1. The van der Waals surface area contributed by atoms with Crippen LogP contribution in [0.1, 0.15) is 32.6 Å². The molecule has 2 heterocycles. The van der Waals surface area contributed by atoms with Crippen LogP contribution in [0.4, 0.5) is 11.4 Å². The Morgan fingerprint density at radius 3 is 2.43 bits per heavy atom. The number of carbonyl (C=O) groups excluding carboxylic acids is 1. The van der Waals surface area contributed by atoms with Gasteiger partial charge in [0.1, 0.15) is 0 Å². The molecule has 0 radical (unpaired) electrons. The summed E-state index contributed by atoms with van der Waals surface area (Å²) < 4.78 is 38.7. The average molecular weight is 507 g/mol. The Morgan fingerprint density at radius 2 is 1.77 bits per heavy atom. The molecule has 0 spiro atoms. The second kappa shape index (κ2) is 10.7. The molecule has 2 N–H and O–H groups in total. The Kier molecular flexibility index (Phi) is 7.64. The number of rotatable bonds is 8. The number of carbonyl (C=O) groups is 1. The zero-order valence-corrected chi connectivity index (χ0v) is 21.4. The van der Waals surface area contributed by atoms with Gasteiger partial charge in [0.2, 0.25) is 15.9 Å². The highest BCUT2D eigenvalue weighted by Crippen LogP contribution is 2.49. The van der Waals surface area contributed by atoms with Crippen molar-refractivity contribution in [3.05, 3.63) is 18.2 Å². The first-order chi connectivity index (χ1) is 16.9. The molecule has 4 atom stereocenters. The molecule has 194 valence electrons. The fourth-order valence-corrected chi connectivity index (χ4v) is 7.73. The molecule has 1 aromatic carbocycles. The van der Waals surface area contributed by atoms with E-state index in [1.807, 2.05) is 0 Å². The van der Waals surface area contributed by atoms with Crippen LogP contribution in [-0.4, -0.2) is 83.8 Å². The van der Waals surface area contributed by atoms with E-state index in [0.717, 1.165) is 17.5 Å². The van der Waals surface area contributed by atoms with Crippen LogP contribution in [-0.2, 0) is 24.3 Å². The number of hydrogen-bond donors (Lipinski definition) is 2. The minimum absolute atomic E-state index is 0.157. The first-order valence-corrected chi connectivity index (χ1v) is 14.4. The number of anilines is 2. The monoisotopic (exact) mass is 506 g/mol. The highest BCUT2D eigenvalue weighted by atomic mass is 32.2. The van der Waals surface area contributed by atoms with Crippen LogP contribution < -0.4 is 15.5 Å². The molecule has 2 bridgehead atoms. The molecule has 0 unspecified atom stereocenters. The maximum Gasteiger partial charge on any atom is 0.243 e. The van der Waals surface area contributed by atoms with E-state index in [2.05, 4.69) is 22.5 Å². The van der Waals surface area contributed by atoms with Gasteiger partial charge in [-0.2, -0.15) is 4.31 Å². The summed E-state index contributed by atoms with van der Waals surface area (Å²) in [7, 11) is -3.67. The number of nitrogens with one attached hydrogen (secondary N) is 2. The lowest BCUT2D eigenvalue weighted by molar-refractivity contribution is -0.115. The number of benzene rings is 1. The third-order valence-electron chi connectivity index (χ3n) is 8.22. The van der Waals surface area contributed by atoms with Crippen LogP contribution in [0, 0.1) is 17.8 Å². The highest BCUT2D eigenvalue weighted by Gasteiger charge is 2.41. The van der Waals surface area contributed by atoms with Crippen LogP contribution in [0.15, 0.2) is 23.1 Å². The zero-order valence-electron chi connectivity index (χ0n) is 20.6. The first-order valence-electron chi connectivity index (χ1n) is 13.0. The zero-order chi connectivity index (χ0) is 24.4. The van der Waals surface area contributed by atoms with E-state index in [4.69, 9.17) is 9.47 Å². The lowest BCUT2D eigenvalue weighted by atomic mass is 9.84. The van der Waals surface area contributed by atoms with Gasteiger partial charge in [0.05, 0.1) is 49.2 Å². The fourth-order valence-electron chi connectivity index (χ4n) is 6.30. The number of ether oxygens (including phenoxy) is 2. The van der Waals surface area contributed by atoms with E-state index in [-0.39, 0.29) is 17.3 Å². The summed E-state index contributed by atoms with van der Waals surface area (Å²) >= 11 is 0. The molecule has 35 heavy (non-hydrogen) atoms. The second-order valence-electron chi connectivity index (χ2n) is 10.4. The number of fused-ring (bicyclic) bond motifs is 2. The SMILES string of the molecule is C[C@H](NCC(=O)Nc1cc(S(=O)(=O)N2CCOCC2)ccc1N1CCOCC1)[C@@H]1C[C@@H]2CC[C@@H]1C2. The lowest BCUT2D eigenvalue weighted by Gasteiger charge is -2.31. The molecule has 9 nitrogen and oxygen atoms in total. The van der Waals surface area contributed by atoms with Crippen molar-refractivity contribution >= 4 is 27.3 Å². The molecule has 4 fully saturated rings. The van der Waals surface area contributed by atoms with Crippen molar-refractivity contribution < 1.29 is 22.7 Å². The molecule has 2 aliphatic carbocycles. The average Bonchev–Trinajstić information content (AvgIpc) is 3.52. The van der Waals surface area contributed by atoms with Crippen molar-refractivity contribution in [3.8, 4) is 0 Å². The van der Waals surface area contributed by atoms with Crippen LogP contribution in [0.5, 0.6) is 0 Å². The van der Waals surface area contributed by atoms with Crippen molar-refractivity contribution in [2.75, 3.05) is 69.4 Å². The van der Waals surface area contributed by atoms with Crippen LogP contribution in [0.25, 0.3) is 0 Å². The molecule has 0 aromatic heterocycles. The van der Waals surface area contributed by atoms with Gasteiger partial charge < -0.3 is 25.0 Å². The number of hydrogen-bond acceptors (Lipinski definition) is 7. The molecule has 1 aromatic rings.